The van der Waals surface area contributed by atoms with E-state index in [0.29, 0.717) is 5.57 Å². The van der Waals surface area contributed by atoms with Gasteiger partial charge in [-0.05, 0) is 19.4 Å². The molecule has 4 heteroatoms. The number of hydrogen-bond acceptors (Lipinski definition) is 4. The quantitative estimate of drug-likeness (QED) is 0.613. The van der Waals surface area contributed by atoms with Crippen molar-refractivity contribution in [2.24, 2.45) is 0 Å². The van der Waals surface area contributed by atoms with Crippen LogP contribution < -0.4 is 0 Å². The monoisotopic (exact) mass is 260 g/mol. The normalized spacial score (nSPS) is 22.6. The average molecular weight is 260 g/mol. The zero-order valence-corrected chi connectivity index (χ0v) is 11.2. The van der Waals surface area contributed by atoms with Crippen LogP contribution in [0.15, 0.2) is 35.9 Å². The lowest BCUT2D eigenvalue weighted by molar-refractivity contribution is -0.148. The fourth-order valence-electron chi connectivity index (χ4n) is 2.42. The topological polar surface area (TPSA) is 52.6 Å². The van der Waals surface area contributed by atoms with Gasteiger partial charge in [-0.1, -0.05) is 30.3 Å². The van der Waals surface area contributed by atoms with Crippen LogP contribution in [0.1, 0.15) is 19.4 Å². The minimum absolute atomic E-state index is 0.116. The maximum Gasteiger partial charge on any atom is 0.343 e. The Balaban J connectivity index is 2.64. The fourth-order valence-corrected chi connectivity index (χ4v) is 2.42. The van der Waals surface area contributed by atoms with Crippen molar-refractivity contribution in [1.82, 2.24) is 0 Å². The molecule has 2 rings (SSSR count). The number of ketones is 1. The summed E-state index contributed by atoms with van der Waals surface area (Å²) in [5, 5.41) is 0. The molecule has 0 aromatic heterocycles. The van der Waals surface area contributed by atoms with E-state index in [1.54, 1.807) is 6.92 Å². The molecule has 100 valence electrons. The van der Waals surface area contributed by atoms with Crippen LogP contribution in [-0.4, -0.2) is 31.1 Å². The molecule has 1 unspecified atom stereocenters. The number of benzene rings is 1. The summed E-state index contributed by atoms with van der Waals surface area (Å²) in [4.78, 5) is 23.7. The van der Waals surface area contributed by atoms with Crippen molar-refractivity contribution in [2.45, 2.75) is 19.4 Å². The molecular weight excluding hydrogens is 244 g/mol. The molecule has 1 heterocycles. The largest absolute Gasteiger partial charge is 0.448 e. The molecule has 0 saturated heterocycles. The third-order valence-electron chi connectivity index (χ3n) is 3.14. The van der Waals surface area contributed by atoms with E-state index in [4.69, 9.17) is 9.47 Å². The van der Waals surface area contributed by atoms with E-state index in [0.717, 1.165) is 5.56 Å². The minimum atomic E-state index is -0.922. The average Bonchev–Trinajstić information content (AvgIpc) is 2.62. The maximum atomic E-state index is 11.9. The molecule has 0 amide bonds. The maximum absolute atomic E-state index is 11.9. The molecule has 0 spiro atoms. The van der Waals surface area contributed by atoms with Crippen molar-refractivity contribution in [1.29, 1.82) is 0 Å². The summed E-state index contributed by atoms with van der Waals surface area (Å²) in [6.45, 7) is 3.34. The van der Waals surface area contributed by atoms with E-state index in [2.05, 4.69) is 0 Å². The second-order valence-corrected chi connectivity index (χ2v) is 4.73. The van der Waals surface area contributed by atoms with Crippen LogP contribution in [0.4, 0.5) is 0 Å². The van der Waals surface area contributed by atoms with Crippen LogP contribution in [0.25, 0.3) is 5.57 Å². The summed E-state index contributed by atoms with van der Waals surface area (Å²) in [6.07, 6.45) is 0. The molecule has 1 aliphatic heterocycles. The standard InChI is InChI=1S/C15H16O4/c1-10(16)12-13(11-7-5-4-6-8-11)15(2,9-18-3)19-14(12)17/h4-8H,9H2,1-3H3. The van der Waals surface area contributed by atoms with Gasteiger partial charge in [-0.2, -0.15) is 0 Å². The van der Waals surface area contributed by atoms with Crippen molar-refractivity contribution in [3.05, 3.63) is 41.5 Å². The van der Waals surface area contributed by atoms with Crippen LogP contribution >= 0.6 is 0 Å². The molecule has 0 N–H and O–H groups in total. The Hall–Kier alpha value is -1.94. The first-order valence-electron chi connectivity index (χ1n) is 6.03. The molecule has 0 fully saturated rings. The molecule has 0 bridgehead atoms. The lowest BCUT2D eigenvalue weighted by Gasteiger charge is -2.25. The van der Waals surface area contributed by atoms with E-state index in [1.807, 2.05) is 30.3 Å². The van der Waals surface area contributed by atoms with Crippen molar-refractivity contribution in [3.8, 4) is 0 Å². The second-order valence-electron chi connectivity index (χ2n) is 4.73. The van der Waals surface area contributed by atoms with Crippen LogP contribution in [0, 0.1) is 0 Å². The van der Waals surface area contributed by atoms with Gasteiger partial charge in [0.05, 0.1) is 6.61 Å². The molecule has 1 aromatic rings. The molecule has 0 aliphatic carbocycles. The van der Waals surface area contributed by atoms with Gasteiger partial charge in [0.2, 0.25) is 0 Å². The molecule has 0 radical (unpaired) electrons. The smallest absolute Gasteiger partial charge is 0.343 e. The number of cyclic esters (lactones) is 1. The number of esters is 1. The minimum Gasteiger partial charge on any atom is -0.448 e. The molecule has 0 saturated carbocycles. The lowest BCUT2D eigenvalue weighted by Crippen LogP contribution is -2.32. The van der Waals surface area contributed by atoms with Crippen LogP contribution in [0.3, 0.4) is 0 Å². The highest BCUT2D eigenvalue weighted by atomic mass is 16.6. The summed E-state index contributed by atoms with van der Waals surface area (Å²) in [7, 11) is 1.54. The Morgan fingerprint density at radius 1 is 1.32 bits per heavy atom. The summed E-state index contributed by atoms with van der Waals surface area (Å²) >= 11 is 0. The van der Waals surface area contributed by atoms with Crippen molar-refractivity contribution in [2.75, 3.05) is 13.7 Å². The zero-order valence-electron chi connectivity index (χ0n) is 11.2. The third-order valence-corrected chi connectivity index (χ3v) is 3.14. The van der Waals surface area contributed by atoms with Crippen molar-refractivity contribution in [3.63, 3.8) is 0 Å². The molecular formula is C15H16O4. The summed E-state index contributed by atoms with van der Waals surface area (Å²) in [6, 6.07) is 9.30. The first-order valence-corrected chi connectivity index (χ1v) is 6.03. The predicted molar refractivity (Wildman–Crippen MR) is 70.4 cm³/mol. The highest BCUT2D eigenvalue weighted by molar-refractivity contribution is 6.25. The van der Waals surface area contributed by atoms with E-state index in [1.165, 1.54) is 14.0 Å². The van der Waals surface area contributed by atoms with E-state index >= 15 is 0 Å². The molecule has 1 aromatic carbocycles. The molecule has 1 aliphatic rings. The Morgan fingerprint density at radius 2 is 1.95 bits per heavy atom. The number of Topliss-reactive ketones (excluding diaryl/α,β-unsaturated/α-hetero) is 1. The second kappa shape index (κ2) is 4.97. The first kappa shape index (κ1) is 13.5. The Labute approximate surface area is 112 Å². The Morgan fingerprint density at radius 3 is 2.47 bits per heavy atom. The summed E-state index contributed by atoms with van der Waals surface area (Å²) < 4.78 is 10.5. The predicted octanol–water partition coefficient (Wildman–Crippen LogP) is 1.99. The van der Waals surface area contributed by atoms with Crippen LogP contribution in [0.5, 0.6) is 0 Å². The van der Waals surface area contributed by atoms with E-state index in [-0.39, 0.29) is 18.0 Å². The number of carbonyl (C=O) groups is 2. The number of hydrogen-bond donors (Lipinski definition) is 0. The van der Waals surface area contributed by atoms with Gasteiger partial charge in [0.25, 0.3) is 0 Å². The zero-order chi connectivity index (χ0) is 14.0. The van der Waals surface area contributed by atoms with Gasteiger partial charge in [0.1, 0.15) is 5.57 Å². The van der Waals surface area contributed by atoms with Crippen LogP contribution in [-0.2, 0) is 19.1 Å². The van der Waals surface area contributed by atoms with Gasteiger partial charge < -0.3 is 9.47 Å². The van der Waals surface area contributed by atoms with Gasteiger partial charge in [-0.25, -0.2) is 4.79 Å². The molecule has 4 nitrogen and oxygen atoms in total. The fraction of sp³-hybridized carbons (Fsp3) is 0.333. The Kier molecular flexibility index (Phi) is 3.53. The van der Waals surface area contributed by atoms with Gasteiger partial charge in [-0.15, -0.1) is 0 Å². The summed E-state index contributed by atoms with van der Waals surface area (Å²) in [5.74, 6) is -0.866. The van der Waals surface area contributed by atoms with Gasteiger partial charge in [0, 0.05) is 12.7 Å². The van der Waals surface area contributed by atoms with E-state index in [9.17, 15) is 9.59 Å². The molecule has 19 heavy (non-hydrogen) atoms. The van der Waals surface area contributed by atoms with Crippen molar-refractivity contribution < 1.29 is 19.1 Å². The van der Waals surface area contributed by atoms with Gasteiger partial charge >= 0.3 is 5.97 Å². The highest BCUT2D eigenvalue weighted by Crippen LogP contribution is 2.40. The van der Waals surface area contributed by atoms with Crippen molar-refractivity contribution >= 4 is 17.3 Å². The van der Waals surface area contributed by atoms with Crippen LogP contribution in [0.2, 0.25) is 0 Å². The highest BCUT2D eigenvalue weighted by Gasteiger charge is 2.46. The molecule has 1 atom stereocenters. The Bertz CT molecular complexity index is 545. The lowest BCUT2D eigenvalue weighted by atomic mass is 9.87. The number of rotatable bonds is 4. The number of carbonyl (C=O) groups excluding carboxylic acids is 2. The van der Waals surface area contributed by atoms with Gasteiger partial charge in [-0.3, -0.25) is 4.79 Å². The number of ether oxygens (including phenoxy) is 2. The first-order chi connectivity index (χ1) is 8.99. The summed E-state index contributed by atoms with van der Waals surface area (Å²) in [5.41, 5.74) is 0.602. The van der Waals surface area contributed by atoms with Gasteiger partial charge in [0.15, 0.2) is 11.4 Å². The van der Waals surface area contributed by atoms with E-state index < -0.39 is 11.6 Å². The number of methoxy groups -OCH3 is 1. The third kappa shape index (κ3) is 2.31. The SMILES string of the molecule is COCC1(C)OC(=O)C(C(C)=O)=C1c1ccccc1.